The zero-order chi connectivity index (χ0) is 21.1. The highest BCUT2D eigenvalue weighted by Gasteiger charge is 2.64. The van der Waals surface area contributed by atoms with Crippen molar-refractivity contribution in [3.63, 3.8) is 0 Å². The average Bonchev–Trinajstić information content (AvgIpc) is 3.02. The molecule has 4 unspecified atom stereocenters. The monoisotopic (exact) mass is 406 g/mol. The first-order valence-electron chi connectivity index (χ1n) is 12.2. The van der Waals surface area contributed by atoms with Gasteiger partial charge in [0.05, 0.1) is 12.2 Å². The van der Waals surface area contributed by atoms with Crippen LogP contribution in [0.1, 0.15) is 85.5 Å². The van der Waals surface area contributed by atoms with Crippen LogP contribution in [0.25, 0.3) is 0 Å². The first-order chi connectivity index (χ1) is 13.6. The third-order valence-electron chi connectivity index (χ3n) is 10.7. The maximum absolute atomic E-state index is 11.5. The van der Waals surface area contributed by atoms with Gasteiger partial charge in [-0.3, -0.25) is 4.79 Å². The maximum atomic E-state index is 11.5. The third kappa shape index (κ3) is 3.28. The van der Waals surface area contributed by atoms with Gasteiger partial charge >= 0.3 is 5.97 Å². The van der Waals surface area contributed by atoms with E-state index < -0.39 is 5.97 Å². The Kier molecular flexibility index (Phi) is 5.60. The number of aliphatic carboxylic acids is 1. The summed E-state index contributed by atoms with van der Waals surface area (Å²) in [5.41, 5.74) is 0.480. The van der Waals surface area contributed by atoms with Gasteiger partial charge in [0.2, 0.25) is 0 Å². The molecule has 11 atom stereocenters. The zero-order valence-electron chi connectivity index (χ0n) is 18.8. The van der Waals surface area contributed by atoms with E-state index in [4.69, 9.17) is 5.11 Å². The smallest absolute Gasteiger partial charge is 0.303 e. The predicted molar refractivity (Wildman–Crippen MR) is 113 cm³/mol. The molecule has 29 heavy (non-hydrogen) atoms. The second kappa shape index (κ2) is 7.51. The summed E-state index contributed by atoms with van der Waals surface area (Å²) in [5, 5.41) is 31.0. The van der Waals surface area contributed by atoms with E-state index in [1.165, 1.54) is 25.7 Å². The number of carbonyl (C=O) groups is 1. The molecule has 0 saturated heterocycles. The van der Waals surface area contributed by atoms with Gasteiger partial charge in [0.1, 0.15) is 0 Å². The Balaban J connectivity index is 1.59. The molecule has 0 amide bonds. The van der Waals surface area contributed by atoms with Crippen molar-refractivity contribution in [2.24, 2.45) is 52.3 Å². The van der Waals surface area contributed by atoms with Gasteiger partial charge in [0, 0.05) is 6.42 Å². The molecule has 4 rings (SSSR count). The summed E-state index contributed by atoms with van der Waals surface area (Å²) >= 11 is 0. The summed E-state index contributed by atoms with van der Waals surface area (Å²) in [6.45, 7) is 9.41. The van der Waals surface area contributed by atoms with Crippen LogP contribution in [0.3, 0.4) is 0 Å². The van der Waals surface area contributed by atoms with E-state index in [0.717, 1.165) is 25.7 Å². The lowest BCUT2D eigenvalue weighted by Gasteiger charge is -2.64. The number of fused-ring (bicyclic) bond motifs is 5. The minimum Gasteiger partial charge on any atom is -0.481 e. The number of carboxylic acids is 1. The van der Waals surface area contributed by atoms with Crippen LogP contribution in [0.15, 0.2) is 0 Å². The second-order valence-electron chi connectivity index (χ2n) is 11.8. The van der Waals surface area contributed by atoms with Crippen molar-refractivity contribution in [2.45, 2.75) is 97.7 Å². The largest absolute Gasteiger partial charge is 0.481 e. The van der Waals surface area contributed by atoms with Gasteiger partial charge < -0.3 is 15.3 Å². The molecule has 4 aliphatic rings. The fourth-order valence-electron chi connectivity index (χ4n) is 9.18. The van der Waals surface area contributed by atoms with Gasteiger partial charge in [-0.15, -0.1) is 0 Å². The summed E-state index contributed by atoms with van der Waals surface area (Å²) < 4.78 is 0. The minimum atomic E-state index is -0.685. The number of aliphatic hydroxyl groups is 2. The van der Waals surface area contributed by atoms with E-state index in [2.05, 4.69) is 27.7 Å². The molecule has 166 valence electrons. The zero-order valence-corrected chi connectivity index (χ0v) is 18.8. The van der Waals surface area contributed by atoms with E-state index in [1.807, 2.05) is 0 Å². The number of aliphatic hydroxyl groups excluding tert-OH is 2. The van der Waals surface area contributed by atoms with Crippen LogP contribution in [0, 0.1) is 52.3 Å². The summed E-state index contributed by atoms with van der Waals surface area (Å²) in [4.78, 5) is 11.1. The van der Waals surface area contributed by atoms with Crippen molar-refractivity contribution in [3.05, 3.63) is 0 Å². The first-order valence-corrected chi connectivity index (χ1v) is 12.2. The lowest BCUT2D eigenvalue weighted by atomic mass is 9.42. The Morgan fingerprint density at radius 1 is 1.00 bits per heavy atom. The Morgan fingerprint density at radius 3 is 2.34 bits per heavy atom. The maximum Gasteiger partial charge on any atom is 0.303 e. The molecule has 0 spiro atoms. The van der Waals surface area contributed by atoms with E-state index in [0.29, 0.717) is 35.5 Å². The van der Waals surface area contributed by atoms with E-state index in [1.54, 1.807) is 0 Å². The molecule has 0 aliphatic heterocycles. The van der Waals surface area contributed by atoms with Crippen LogP contribution in [-0.2, 0) is 4.79 Å². The highest BCUT2D eigenvalue weighted by Crippen LogP contribution is 2.69. The van der Waals surface area contributed by atoms with Gasteiger partial charge in [0.15, 0.2) is 0 Å². The summed E-state index contributed by atoms with van der Waals surface area (Å²) in [7, 11) is 0. The molecule has 4 nitrogen and oxygen atoms in total. The van der Waals surface area contributed by atoms with Crippen LogP contribution in [0.2, 0.25) is 0 Å². The molecule has 4 aliphatic carbocycles. The number of hydrogen-bond donors (Lipinski definition) is 3. The minimum absolute atomic E-state index is 0.195. The predicted octanol–water partition coefficient (Wildman–Crippen LogP) is 4.72. The normalized spacial score (nSPS) is 52.9. The van der Waals surface area contributed by atoms with Crippen molar-refractivity contribution < 1.29 is 20.1 Å². The molecular weight excluding hydrogens is 364 g/mol. The summed E-state index contributed by atoms with van der Waals surface area (Å²) in [6.07, 6.45) is 8.22. The van der Waals surface area contributed by atoms with Crippen molar-refractivity contribution >= 4 is 5.97 Å². The SMILES string of the molecule is CC(CCC(=O)O)[C@H]1CCC2C3C(CC[C@@]21C)[C@@]1(C)CC[C@@H](O)C[C@H]1[C@@H](C)[C@@H]3O. The van der Waals surface area contributed by atoms with Gasteiger partial charge in [-0.1, -0.05) is 27.7 Å². The Hall–Kier alpha value is -0.610. The molecule has 0 heterocycles. The fourth-order valence-corrected chi connectivity index (χ4v) is 9.18. The van der Waals surface area contributed by atoms with Crippen LogP contribution >= 0.6 is 0 Å². The number of rotatable bonds is 4. The van der Waals surface area contributed by atoms with Crippen molar-refractivity contribution in [1.82, 2.24) is 0 Å². The number of hydrogen-bond acceptors (Lipinski definition) is 3. The second-order valence-corrected chi connectivity index (χ2v) is 11.8. The van der Waals surface area contributed by atoms with Crippen LogP contribution in [0.5, 0.6) is 0 Å². The molecule has 0 bridgehead atoms. The lowest BCUT2D eigenvalue weighted by molar-refractivity contribution is -0.199. The van der Waals surface area contributed by atoms with Gasteiger partial charge in [-0.25, -0.2) is 0 Å². The third-order valence-corrected chi connectivity index (χ3v) is 10.7. The molecule has 0 radical (unpaired) electrons. The highest BCUT2D eigenvalue weighted by atomic mass is 16.4. The van der Waals surface area contributed by atoms with Gasteiger partial charge in [-0.2, -0.15) is 0 Å². The van der Waals surface area contributed by atoms with E-state index >= 15 is 0 Å². The van der Waals surface area contributed by atoms with Crippen molar-refractivity contribution in [2.75, 3.05) is 0 Å². The average molecular weight is 407 g/mol. The Labute approximate surface area is 176 Å². The quantitative estimate of drug-likeness (QED) is 0.631. The van der Waals surface area contributed by atoms with E-state index in [9.17, 15) is 15.0 Å². The van der Waals surface area contributed by atoms with Crippen molar-refractivity contribution in [1.29, 1.82) is 0 Å². The van der Waals surface area contributed by atoms with Gasteiger partial charge in [-0.05, 0) is 104 Å². The Bertz CT molecular complexity index is 634. The molecule has 3 N–H and O–H groups in total. The summed E-state index contributed by atoms with van der Waals surface area (Å²) in [6, 6.07) is 0. The summed E-state index contributed by atoms with van der Waals surface area (Å²) in [5.74, 6) is 2.50. The highest BCUT2D eigenvalue weighted by molar-refractivity contribution is 5.66. The van der Waals surface area contributed by atoms with Crippen LogP contribution < -0.4 is 0 Å². The Morgan fingerprint density at radius 2 is 1.66 bits per heavy atom. The standard InChI is InChI=1S/C25H42O4/c1-14(5-8-21(27)28)17-6-7-18-22-19(10-12-24(17,18)3)25(4)11-9-16(26)13-20(25)15(2)23(22)29/h14-20,22-23,26,29H,5-13H2,1-4H3,(H,27,28)/t14?,15-,16-,17-,18?,19?,20+,22?,23+,24-,25-/m1/s1. The topological polar surface area (TPSA) is 77.8 Å². The molecule has 0 aromatic carbocycles. The first kappa shape index (κ1) is 21.6. The molecular formula is C25H42O4. The molecule has 4 heteroatoms. The molecule has 4 saturated carbocycles. The fraction of sp³-hybridized carbons (Fsp3) is 0.960. The molecule has 0 aromatic rings. The van der Waals surface area contributed by atoms with Crippen LogP contribution in [0.4, 0.5) is 0 Å². The number of carboxylic acid groups (broad SMARTS) is 1. The van der Waals surface area contributed by atoms with Gasteiger partial charge in [0.25, 0.3) is 0 Å². The van der Waals surface area contributed by atoms with Crippen LogP contribution in [-0.4, -0.2) is 33.5 Å². The van der Waals surface area contributed by atoms with Crippen molar-refractivity contribution in [3.8, 4) is 0 Å². The lowest BCUT2D eigenvalue weighted by Crippen LogP contribution is -2.61. The van der Waals surface area contributed by atoms with E-state index in [-0.39, 0.29) is 35.4 Å². The molecule has 4 fully saturated rings. The molecule has 0 aromatic heterocycles.